The monoisotopic (exact) mass is 488 g/mol. The number of thioether (sulfide) groups is 1. The molecule has 1 saturated heterocycles. The SMILES string of the molecule is COC1CSc2c(-c3ccc(F)cc3)c(Cl)cc3c(N4CC(C)NC(C)C4)nc(=O)n(c23)C1. The number of hydrogen-bond donors (Lipinski definition) is 1. The van der Waals surface area contributed by atoms with Gasteiger partial charge in [0.15, 0.2) is 0 Å². The second-order valence-electron chi connectivity index (χ2n) is 8.84. The zero-order chi connectivity index (χ0) is 23.3. The van der Waals surface area contributed by atoms with E-state index in [0.29, 0.717) is 23.1 Å². The Morgan fingerprint density at radius 3 is 2.55 bits per heavy atom. The van der Waals surface area contributed by atoms with Crippen LogP contribution in [0.3, 0.4) is 0 Å². The highest BCUT2D eigenvalue weighted by molar-refractivity contribution is 7.99. The molecule has 3 heterocycles. The third-order valence-electron chi connectivity index (χ3n) is 6.27. The van der Waals surface area contributed by atoms with Gasteiger partial charge in [0.1, 0.15) is 11.6 Å². The third-order valence-corrected chi connectivity index (χ3v) is 7.80. The van der Waals surface area contributed by atoms with Crippen LogP contribution in [0.25, 0.3) is 22.0 Å². The molecule has 1 N–H and O–H groups in total. The average molecular weight is 489 g/mol. The fourth-order valence-corrected chi connectivity index (χ4v) is 6.56. The summed E-state index contributed by atoms with van der Waals surface area (Å²) in [6.07, 6.45) is -0.143. The standard InChI is InChI=1S/C24H26ClFN4O2S/c1-13-9-29(10-14(2)27-13)23-18-8-19(25)20(15-4-6-16(26)7-5-15)22-21(18)30(24(31)28-23)11-17(32-3)12-33-22/h4-8,13-14,17,27H,9-12H2,1-3H3. The van der Waals surface area contributed by atoms with Gasteiger partial charge < -0.3 is 15.0 Å². The molecule has 9 heteroatoms. The van der Waals surface area contributed by atoms with Gasteiger partial charge in [0.2, 0.25) is 0 Å². The van der Waals surface area contributed by atoms with Crippen LogP contribution >= 0.6 is 23.4 Å². The number of ether oxygens (including phenoxy) is 1. The van der Waals surface area contributed by atoms with Crippen LogP contribution in [0, 0.1) is 5.82 Å². The smallest absolute Gasteiger partial charge is 0.350 e. The number of nitrogens with one attached hydrogen (secondary N) is 1. The van der Waals surface area contributed by atoms with Crippen LogP contribution in [0.1, 0.15) is 13.8 Å². The van der Waals surface area contributed by atoms with E-state index >= 15 is 0 Å². The summed E-state index contributed by atoms with van der Waals surface area (Å²) in [5, 5.41) is 4.93. The van der Waals surface area contributed by atoms with Crippen LogP contribution in [0.5, 0.6) is 0 Å². The van der Waals surface area contributed by atoms with Gasteiger partial charge in [-0.25, -0.2) is 9.18 Å². The largest absolute Gasteiger partial charge is 0.379 e. The molecule has 3 atom stereocenters. The van der Waals surface area contributed by atoms with Crippen molar-refractivity contribution in [2.45, 2.75) is 43.5 Å². The Morgan fingerprint density at radius 2 is 1.88 bits per heavy atom. The second kappa shape index (κ2) is 8.91. The van der Waals surface area contributed by atoms with Crippen molar-refractivity contribution in [3.05, 3.63) is 51.7 Å². The van der Waals surface area contributed by atoms with E-state index in [4.69, 9.17) is 16.3 Å². The van der Waals surface area contributed by atoms with E-state index in [-0.39, 0.29) is 29.7 Å². The van der Waals surface area contributed by atoms with Gasteiger partial charge in [-0.15, -0.1) is 11.8 Å². The Bertz CT molecular complexity index is 1260. The molecule has 2 aromatic carbocycles. The molecular weight excluding hydrogens is 463 g/mol. The lowest BCUT2D eigenvalue weighted by Gasteiger charge is -2.37. The summed E-state index contributed by atoms with van der Waals surface area (Å²) < 4.78 is 21.0. The Balaban J connectivity index is 1.80. The van der Waals surface area contributed by atoms with Crippen LogP contribution in [-0.4, -0.2) is 53.7 Å². The van der Waals surface area contributed by atoms with Crippen LogP contribution in [0.2, 0.25) is 5.02 Å². The van der Waals surface area contributed by atoms with E-state index in [2.05, 4.69) is 29.0 Å². The first kappa shape index (κ1) is 22.7. The van der Waals surface area contributed by atoms with Crippen molar-refractivity contribution in [2.24, 2.45) is 0 Å². The number of nitrogens with zero attached hydrogens (tertiary/aromatic N) is 3. The zero-order valence-corrected chi connectivity index (χ0v) is 20.3. The van der Waals surface area contributed by atoms with Gasteiger partial charge in [-0.05, 0) is 37.6 Å². The summed E-state index contributed by atoms with van der Waals surface area (Å²) in [6, 6.07) is 8.74. The molecule has 3 unspecified atom stereocenters. The number of rotatable bonds is 3. The molecular formula is C24H26ClFN4O2S. The van der Waals surface area contributed by atoms with E-state index in [9.17, 15) is 9.18 Å². The van der Waals surface area contributed by atoms with Gasteiger partial charge in [0.25, 0.3) is 0 Å². The lowest BCUT2D eigenvalue weighted by molar-refractivity contribution is 0.107. The molecule has 0 bridgehead atoms. The van der Waals surface area contributed by atoms with Crippen molar-refractivity contribution in [3.8, 4) is 11.1 Å². The van der Waals surface area contributed by atoms with Crippen LogP contribution in [-0.2, 0) is 11.3 Å². The van der Waals surface area contributed by atoms with Gasteiger partial charge in [-0.3, -0.25) is 4.57 Å². The molecule has 1 fully saturated rings. The summed E-state index contributed by atoms with van der Waals surface area (Å²) in [5.41, 5.74) is 2.13. The van der Waals surface area contributed by atoms with Crippen LogP contribution < -0.4 is 15.9 Å². The molecule has 3 aromatic rings. The molecule has 0 saturated carbocycles. The maximum atomic E-state index is 13.6. The first-order valence-electron chi connectivity index (χ1n) is 11.0. The minimum Gasteiger partial charge on any atom is -0.379 e. The Kier molecular flexibility index (Phi) is 6.11. The van der Waals surface area contributed by atoms with Crippen molar-refractivity contribution in [3.63, 3.8) is 0 Å². The fraction of sp³-hybridized carbons (Fsp3) is 0.417. The van der Waals surface area contributed by atoms with Gasteiger partial charge in [0.05, 0.1) is 23.2 Å². The van der Waals surface area contributed by atoms with E-state index < -0.39 is 0 Å². The number of methoxy groups -OCH3 is 1. The molecule has 5 rings (SSSR count). The number of aromatic nitrogens is 2. The number of halogens is 2. The minimum atomic E-state index is -0.307. The van der Waals surface area contributed by atoms with Crippen LogP contribution in [0.4, 0.5) is 10.2 Å². The first-order valence-corrected chi connectivity index (χ1v) is 12.4. The molecule has 2 aliphatic rings. The molecule has 174 valence electrons. The Labute approximate surface area is 201 Å². The van der Waals surface area contributed by atoms with E-state index in [1.165, 1.54) is 12.1 Å². The zero-order valence-electron chi connectivity index (χ0n) is 18.8. The molecule has 2 aliphatic heterocycles. The van der Waals surface area contributed by atoms with E-state index in [1.807, 2.05) is 6.07 Å². The Morgan fingerprint density at radius 1 is 1.18 bits per heavy atom. The van der Waals surface area contributed by atoms with Crippen molar-refractivity contribution in [1.29, 1.82) is 0 Å². The van der Waals surface area contributed by atoms with Crippen LogP contribution in [0.15, 0.2) is 40.0 Å². The van der Waals surface area contributed by atoms with Gasteiger partial charge in [0, 0.05) is 53.9 Å². The van der Waals surface area contributed by atoms with Crippen molar-refractivity contribution >= 4 is 40.1 Å². The van der Waals surface area contributed by atoms with Crippen molar-refractivity contribution in [2.75, 3.05) is 30.9 Å². The fourth-order valence-electron chi connectivity index (χ4n) is 4.87. The van der Waals surface area contributed by atoms with Gasteiger partial charge in [-0.2, -0.15) is 4.98 Å². The van der Waals surface area contributed by atoms with Crippen molar-refractivity contribution < 1.29 is 9.13 Å². The predicted octanol–water partition coefficient (Wildman–Crippen LogP) is 4.16. The maximum Gasteiger partial charge on any atom is 0.350 e. The molecule has 0 aliphatic carbocycles. The topological polar surface area (TPSA) is 59.4 Å². The van der Waals surface area contributed by atoms with E-state index in [0.717, 1.165) is 40.0 Å². The molecule has 6 nitrogen and oxygen atoms in total. The van der Waals surface area contributed by atoms with Gasteiger partial charge >= 0.3 is 5.69 Å². The average Bonchev–Trinajstić information content (AvgIpc) is 2.97. The predicted molar refractivity (Wildman–Crippen MR) is 132 cm³/mol. The second-order valence-corrected chi connectivity index (χ2v) is 10.3. The third kappa shape index (κ3) is 4.14. The summed E-state index contributed by atoms with van der Waals surface area (Å²) in [7, 11) is 1.66. The summed E-state index contributed by atoms with van der Waals surface area (Å²) >= 11 is 8.50. The molecule has 1 aromatic heterocycles. The summed E-state index contributed by atoms with van der Waals surface area (Å²) in [6.45, 7) is 6.17. The summed E-state index contributed by atoms with van der Waals surface area (Å²) in [5.74, 6) is 1.02. The highest BCUT2D eigenvalue weighted by Gasteiger charge is 2.30. The number of anilines is 1. The van der Waals surface area contributed by atoms with E-state index in [1.54, 1.807) is 35.6 Å². The normalized spacial score (nSPS) is 23.1. The maximum absolute atomic E-state index is 13.6. The number of piperazine rings is 1. The van der Waals surface area contributed by atoms with Gasteiger partial charge in [-0.1, -0.05) is 23.7 Å². The lowest BCUT2D eigenvalue weighted by atomic mass is 10.0. The Hall–Kier alpha value is -2.13. The quantitative estimate of drug-likeness (QED) is 0.597. The first-order chi connectivity index (χ1) is 15.9. The molecule has 0 spiro atoms. The van der Waals surface area contributed by atoms with Crippen molar-refractivity contribution in [1.82, 2.24) is 14.9 Å². The summed E-state index contributed by atoms with van der Waals surface area (Å²) in [4.78, 5) is 20.9. The molecule has 33 heavy (non-hydrogen) atoms. The minimum absolute atomic E-state index is 0.143. The molecule has 0 radical (unpaired) electrons. The highest BCUT2D eigenvalue weighted by Crippen LogP contribution is 2.45. The number of hydrogen-bond acceptors (Lipinski definition) is 6. The lowest BCUT2D eigenvalue weighted by Crippen LogP contribution is -2.55. The highest BCUT2D eigenvalue weighted by atomic mass is 35.5. The number of benzene rings is 2. The molecule has 0 amide bonds.